The third kappa shape index (κ3) is 5.56. The molecule has 12 heteroatoms. The van der Waals surface area contributed by atoms with Crippen LogP contribution in [0.1, 0.15) is 34.0 Å². The molecule has 3 rings (SSSR count). The number of H-pyrrole nitrogens is 1. The van der Waals surface area contributed by atoms with E-state index < -0.39 is 52.1 Å². The number of carbonyl (C=O) groups is 1. The topological polar surface area (TPSA) is 71.2 Å². The molecule has 0 aliphatic carbocycles. The van der Waals surface area contributed by atoms with Gasteiger partial charge in [-0.3, -0.25) is 9.59 Å². The summed E-state index contributed by atoms with van der Waals surface area (Å²) in [6, 6.07) is 5.01. The minimum Gasteiger partial charge on any atom is -0.456 e. The van der Waals surface area contributed by atoms with Crippen LogP contribution in [-0.4, -0.2) is 10.9 Å². The number of pyridine rings is 1. The smallest absolute Gasteiger partial charge is 0.417 e. The minimum atomic E-state index is -5.38. The Bertz CT molecular complexity index is 1280. The number of carbonyl (C=O) groups excluding carboxylic acids is 1. The molecule has 5 nitrogen and oxygen atoms in total. The summed E-state index contributed by atoms with van der Waals surface area (Å²) < 4.78 is 100. The zero-order valence-corrected chi connectivity index (χ0v) is 17.2. The number of nitrogens with one attached hydrogen (secondary N) is 2. The van der Waals surface area contributed by atoms with Crippen LogP contribution < -0.4 is 15.6 Å². The second-order valence-electron chi connectivity index (χ2n) is 7.00. The van der Waals surface area contributed by atoms with Gasteiger partial charge in [0, 0.05) is 18.0 Å². The molecule has 0 bridgehead atoms. The highest BCUT2D eigenvalue weighted by atomic mass is 19.4. The van der Waals surface area contributed by atoms with Gasteiger partial charge >= 0.3 is 12.4 Å². The monoisotopic (exact) mass is 488 g/mol. The SMILES string of the molecule is CCc1cc(F)ccc1Oc1cc(C(F)(F)F)cc(C(F)(F)F)c1C(=O)Nc1cc[nH]c(=O)c1. The average Bonchev–Trinajstić information content (AvgIpc) is 2.73. The van der Waals surface area contributed by atoms with Crippen molar-refractivity contribution < 1.29 is 40.3 Å². The first-order valence-corrected chi connectivity index (χ1v) is 9.58. The van der Waals surface area contributed by atoms with Crippen molar-refractivity contribution in [2.24, 2.45) is 0 Å². The molecule has 1 aromatic heterocycles. The summed E-state index contributed by atoms with van der Waals surface area (Å²) in [5, 5.41) is 2.05. The van der Waals surface area contributed by atoms with Crippen LogP contribution >= 0.6 is 0 Å². The summed E-state index contributed by atoms with van der Waals surface area (Å²) >= 11 is 0. The number of aryl methyl sites for hydroxylation is 1. The Morgan fingerprint density at radius 1 is 0.971 bits per heavy atom. The molecule has 0 aliphatic rings. The van der Waals surface area contributed by atoms with Crippen LogP contribution in [0, 0.1) is 5.82 Å². The fraction of sp³-hybridized carbons (Fsp3) is 0.182. The number of halogens is 7. The predicted octanol–water partition coefficient (Wildman–Crippen LogP) is 6.16. The second kappa shape index (κ2) is 9.20. The van der Waals surface area contributed by atoms with E-state index in [-0.39, 0.29) is 35.6 Å². The van der Waals surface area contributed by atoms with Crippen molar-refractivity contribution in [3.63, 3.8) is 0 Å². The summed E-state index contributed by atoms with van der Waals surface area (Å²) in [5.74, 6) is -3.45. The standard InChI is InChI=1S/C22H15F7N2O3/c1-2-11-7-13(23)3-4-16(11)34-17-9-12(21(24,25)26)8-15(22(27,28)29)19(17)20(33)31-14-5-6-30-18(32)10-14/h3-10H,2H2,1H3,(H2,30,31,32,33). The van der Waals surface area contributed by atoms with Crippen molar-refractivity contribution in [1.29, 1.82) is 0 Å². The Hall–Kier alpha value is -3.83. The Labute approximate surface area is 187 Å². The van der Waals surface area contributed by atoms with Gasteiger partial charge < -0.3 is 15.0 Å². The van der Waals surface area contributed by atoms with E-state index >= 15 is 0 Å². The quantitative estimate of drug-likeness (QED) is 0.423. The van der Waals surface area contributed by atoms with Gasteiger partial charge in [-0.1, -0.05) is 6.92 Å². The van der Waals surface area contributed by atoms with E-state index in [4.69, 9.17) is 4.74 Å². The van der Waals surface area contributed by atoms with Crippen molar-refractivity contribution in [2.75, 3.05) is 5.32 Å². The first kappa shape index (κ1) is 24.8. The lowest BCUT2D eigenvalue weighted by Gasteiger charge is -2.20. The van der Waals surface area contributed by atoms with E-state index in [9.17, 15) is 40.3 Å². The Balaban J connectivity index is 2.24. The van der Waals surface area contributed by atoms with Gasteiger partial charge in [0.05, 0.1) is 16.7 Å². The van der Waals surface area contributed by atoms with Crippen LogP contribution in [-0.2, 0) is 18.8 Å². The normalized spacial score (nSPS) is 11.9. The number of aromatic amines is 1. The molecule has 0 aliphatic heterocycles. The number of aromatic nitrogens is 1. The summed E-state index contributed by atoms with van der Waals surface area (Å²) in [5.41, 5.74) is -5.60. The van der Waals surface area contributed by atoms with E-state index in [0.29, 0.717) is 0 Å². The molecule has 0 unspecified atom stereocenters. The van der Waals surface area contributed by atoms with Crippen LogP contribution in [0.25, 0.3) is 0 Å². The molecule has 0 atom stereocenters. The maximum Gasteiger partial charge on any atom is 0.417 e. The molecule has 1 heterocycles. The van der Waals surface area contributed by atoms with E-state index in [1.807, 2.05) is 0 Å². The predicted molar refractivity (Wildman–Crippen MR) is 107 cm³/mol. The van der Waals surface area contributed by atoms with Gasteiger partial charge in [-0.25, -0.2) is 4.39 Å². The zero-order chi connectivity index (χ0) is 25.3. The molecule has 0 saturated heterocycles. The number of ether oxygens (including phenoxy) is 1. The van der Waals surface area contributed by atoms with Gasteiger partial charge in [-0.05, 0) is 48.4 Å². The molecular formula is C22H15F7N2O3. The summed E-state index contributed by atoms with van der Waals surface area (Å²) in [4.78, 5) is 26.5. The molecule has 0 saturated carbocycles. The molecule has 0 fully saturated rings. The van der Waals surface area contributed by atoms with Crippen LogP contribution in [0.3, 0.4) is 0 Å². The number of hydrogen-bond donors (Lipinski definition) is 2. The molecule has 180 valence electrons. The highest BCUT2D eigenvalue weighted by Crippen LogP contribution is 2.43. The molecule has 0 radical (unpaired) electrons. The van der Waals surface area contributed by atoms with Gasteiger partial charge in [0.1, 0.15) is 17.3 Å². The van der Waals surface area contributed by atoms with Crippen LogP contribution in [0.4, 0.5) is 36.4 Å². The maximum absolute atomic E-state index is 13.8. The largest absolute Gasteiger partial charge is 0.456 e. The highest BCUT2D eigenvalue weighted by Gasteiger charge is 2.42. The van der Waals surface area contributed by atoms with E-state index in [0.717, 1.165) is 36.5 Å². The van der Waals surface area contributed by atoms with Gasteiger partial charge in [0.15, 0.2) is 0 Å². The van der Waals surface area contributed by atoms with Crippen LogP contribution in [0.5, 0.6) is 11.5 Å². The van der Waals surface area contributed by atoms with Crippen molar-refractivity contribution in [3.8, 4) is 11.5 Å². The van der Waals surface area contributed by atoms with E-state index in [2.05, 4.69) is 10.3 Å². The Morgan fingerprint density at radius 3 is 2.26 bits per heavy atom. The Morgan fingerprint density at radius 2 is 1.68 bits per heavy atom. The van der Waals surface area contributed by atoms with Crippen LogP contribution in [0.15, 0.2) is 53.5 Å². The van der Waals surface area contributed by atoms with Crippen molar-refractivity contribution in [1.82, 2.24) is 4.98 Å². The molecular weight excluding hydrogens is 473 g/mol. The first-order valence-electron chi connectivity index (χ1n) is 9.58. The summed E-state index contributed by atoms with van der Waals surface area (Å²) in [7, 11) is 0. The van der Waals surface area contributed by atoms with Crippen molar-refractivity contribution in [2.45, 2.75) is 25.7 Å². The molecule has 34 heavy (non-hydrogen) atoms. The fourth-order valence-corrected chi connectivity index (χ4v) is 3.08. The second-order valence-corrected chi connectivity index (χ2v) is 7.00. The summed E-state index contributed by atoms with van der Waals surface area (Å²) in [6.07, 6.45) is -9.34. The fourth-order valence-electron chi connectivity index (χ4n) is 3.08. The van der Waals surface area contributed by atoms with Gasteiger partial charge in [-0.2, -0.15) is 26.3 Å². The van der Waals surface area contributed by atoms with Crippen LogP contribution in [0.2, 0.25) is 0 Å². The third-order valence-corrected chi connectivity index (χ3v) is 4.62. The molecule has 2 aromatic carbocycles. The lowest BCUT2D eigenvalue weighted by Crippen LogP contribution is -2.22. The third-order valence-electron chi connectivity index (χ3n) is 4.62. The molecule has 0 spiro atoms. The van der Waals surface area contributed by atoms with Gasteiger partial charge in [-0.15, -0.1) is 0 Å². The molecule has 1 amide bonds. The molecule has 2 N–H and O–H groups in total. The highest BCUT2D eigenvalue weighted by molar-refractivity contribution is 6.07. The lowest BCUT2D eigenvalue weighted by atomic mass is 10.0. The number of benzene rings is 2. The van der Waals surface area contributed by atoms with Gasteiger partial charge in [0.2, 0.25) is 5.56 Å². The lowest BCUT2D eigenvalue weighted by molar-refractivity contribution is -0.143. The van der Waals surface area contributed by atoms with Gasteiger partial charge in [0.25, 0.3) is 5.91 Å². The van der Waals surface area contributed by atoms with Crippen molar-refractivity contribution >= 4 is 11.6 Å². The van der Waals surface area contributed by atoms with E-state index in [1.54, 1.807) is 6.92 Å². The number of rotatable bonds is 5. The number of alkyl halides is 6. The number of anilines is 1. The number of hydrogen-bond acceptors (Lipinski definition) is 3. The van der Waals surface area contributed by atoms with Crippen molar-refractivity contribution in [3.05, 3.63) is 87.1 Å². The minimum absolute atomic E-state index is 0.131. The summed E-state index contributed by atoms with van der Waals surface area (Å²) in [6.45, 7) is 1.56. The Kier molecular flexibility index (Phi) is 6.71. The zero-order valence-electron chi connectivity index (χ0n) is 17.2. The maximum atomic E-state index is 13.8. The van der Waals surface area contributed by atoms with E-state index in [1.165, 1.54) is 0 Å². The number of amides is 1. The average molecular weight is 488 g/mol. The molecule has 3 aromatic rings. The first-order chi connectivity index (χ1) is 15.8.